The molecule has 2 heterocycles. The number of nitrogens with zero attached hydrogens (tertiary/aromatic N) is 3. The molecule has 2 amide bonds. The second kappa shape index (κ2) is 10.3. The minimum Gasteiger partial charge on any atom is -0.456 e. The Bertz CT molecular complexity index is 913. The molecule has 1 aliphatic heterocycles. The molecule has 8 nitrogen and oxygen atoms in total. The predicted octanol–water partition coefficient (Wildman–Crippen LogP) is 2.27. The Balaban J connectivity index is 1.43. The maximum Gasteiger partial charge on any atom is 0.308 e. The Morgan fingerprint density at radius 2 is 2.00 bits per heavy atom. The van der Waals surface area contributed by atoms with Gasteiger partial charge in [0.1, 0.15) is 0 Å². The van der Waals surface area contributed by atoms with E-state index in [9.17, 15) is 14.4 Å². The van der Waals surface area contributed by atoms with Gasteiger partial charge in [0.25, 0.3) is 11.1 Å². The van der Waals surface area contributed by atoms with E-state index in [0.717, 1.165) is 28.3 Å². The molecule has 0 bridgehead atoms. The molecular weight excluding hydrogens is 404 g/mol. The van der Waals surface area contributed by atoms with Crippen LogP contribution >= 0.6 is 11.8 Å². The number of carbonyl (C=O) groups excluding carboxylic acids is 3. The molecule has 1 saturated heterocycles. The quantitative estimate of drug-likeness (QED) is 0.614. The van der Waals surface area contributed by atoms with Crippen LogP contribution in [0.3, 0.4) is 0 Å². The Labute approximate surface area is 180 Å². The van der Waals surface area contributed by atoms with Gasteiger partial charge in [-0.25, -0.2) is 0 Å². The van der Waals surface area contributed by atoms with Crippen molar-refractivity contribution in [2.24, 2.45) is 0 Å². The molecule has 2 aromatic rings. The summed E-state index contributed by atoms with van der Waals surface area (Å²) >= 11 is 1.25. The van der Waals surface area contributed by atoms with Gasteiger partial charge in [-0.3, -0.25) is 19.1 Å². The lowest BCUT2D eigenvalue weighted by molar-refractivity contribution is -0.148. The fourth-order valence-corrected chi connectivity index (χ4v) is 4.06. The first-order valence-electron chi connectivity index (χ1n) is 9.85. The zero-order chi connectivity index (χ0) is 21.5. The Kier molecular flexibility index (Phi) is 7.51. The van der Waals surface area contributed by atoms with E-state index in [-0.39, 0.29) is 24.2 Å². The van der Waals surface area contributed by atoms with Gasteiger partial charge in [-0.1, -0.05) is 42.1 Å². The monoisotopic (exact) mass is 430 g/mol. The Morgan fingerprint density at radius 3 is 2.70 bits per heavy atom. The van der Waals surface area contributed by atoms with Crippen LogP contribution in [-0.2, 0) is 27.4 Å². The van der Waals surface area contributed by atoms with Crippen LogP contribution in [0.25, 0.3) is 0 Å². The van der Waals surface area contributed by atoms with Crippen LogP contribution in [0.1, 0.15) is 28.9 Å². The van der Waals surface area contributed by atoms with Crippen LogP contribution in [0.15, 0.2) is 30.3 Å². The normalized spacial score (nSPS) is 13.5. The number of rotatable bonds is 9. The number of esters is 1. The van der Waals surface area contributed by atoms with Crippen molar-refractivity contribution in [3.63, 3.8) is 0 Å². The highest BCUT2D eigenvalue weighted by Gasteiger charge is 2.22. The summed E-state index contributed by atoms with van der Waals surface area (Å²) in [7, 11) is 0. The van der Waals surface area contributed by atoms with Gasteiger partial charge in [0.05, 0.1) is 18.7 Å². The summed E-state index contributed by atoms with van der Waals surface area (Å²) in [4.78, 5) is 37.0. The second-order valence-electron chi connectivity index (χ2n) is 7.08. The zero-order valence-electron chi connectivity index (χ0n) is 17.2. The minimum atomic E-state index is -0.488. The molecule has 30 heavy (non-hydrogen) atoms. The van der Waals surface area contributed by atoms with Crippen molar-refractivity contribution in [2.45, 2.75) is 33.4 Å². The Hall–Kier alpha value is -2.81. The van der Waals surface area contributed by atoms with E-state index in [0.29, 0.717) is 26.2 Å². The average molecular weight is 431 g/mol. The van der Waals surface area contributed by atoms with E-state index in [1.165, 1.54) is 11.8 Å². The third-order valence-electron chi connectivity index (χ3n) is 4.96. The van der Waals surface area contributed by atoms with Gasteiger partial charge >= 0.3 is 5.97 Å². The van der Waals surface area contributed by atoms with Gasteiger partial charge in [-0.2, -0.15) is 5.10 Å². The summed E-state index contributed by atoms with van der Waals surface area (Å²) in [5.74, 6) is -0.111. The van der Waals surface area contributed by atoms with Crippen molar-refractivity contribution >= 4 is 28.9 Å². The molecule has 0 atom stereocenters. The number of aromatic nitrogens is 2. The molecule has 1 N–H and O–H groups in total. The zero-order valence-corrected chi connectivity index (χ0v) is 18.0. The van der Waals surface area contributed by atoms with E-state index in [1.807, 2.05) is 48.9 Å². The summed E-state index contributed by atoms with van der Waals surface area (Å²) in [6.07, 6.45) is 0.0874. The highest BCUT2D eigenvalue weighted by atomic mass is 32.2. The van der Waals surface area contributed by atoms with Crippen molar-refractivity contribution in [3.8, 4) is 0 Å². The van der Waals surface area contributed by atoms with Gasteiger partial charge in [0.2, 0.25) is 0 Å². The molecular formula is C21H26N4O4S. The van der Waals surface area contributed by atoms with Gasteiger partial charge in [0.15, 0.2) is 6.61 Å². The van der Waals surface area contributed by atoms with Crippen LogP contribution < -0.4 is 5.32 Å². The number of thioether (sulfide) groups is 1. The Morgan fingerprint density at radius 1 is 1.23 bits per heavy atom. The highest BCUT2D eigenvalue weighted by Crippen LogP contribution is 2.17. The molecule has 0 saturated carbocycles. The van der Waals surface area contributed by atoms with Crippen molar-refractivity contribution in [1.82, 2.24) is 20.0 Å². The molecule has 0 aliphatic carbocycles. The van der Waals surface area contributed by atoms with Crippen molar-refractivity contribution < 1.29 is 19.1 Å². The number of ether oxygens (including phenoxy) is 1. The van der Waals surface area contributed by atoms with Crippen LogP contribution in [0.2, 0.25) is 0 Å². The molecule has 0 unspecified atom stereocenters. The smallest absolute Gasteiger partial charge is 0.308 e. The minimum absolute atomic E-state index is 0.0147. The van der Waals surface area contributed by atoms with Crippen LogP contribution in [0, 0.1) is 13.8 Å². The summed E-state index contributed by atoms with van der Waals surface area (Å²) in [5, 5.41) is 7.34. The number of nitrogens with one attached hydrogen (secondary N) is 1. The van der Waals surface area contributed by atoms with E-state index in [1.54, 1.807) is 4.90 Å². The first-order chi connectivity index (χ1) is 14.4. The topological polar surface area (TPSA) is 93.5 Å². The number of hydrogen-bond donors (Lipinski definition) is 1. The first-order valence-corrected chi connectivity index (χ1v) is 10.8. The molecule has 1 aliphatic rings. The molecule has 0 radical (unpaired) electrons. The van der Waals surface area contributed by atoms with Crippen molar-refractivity contribution in [3.05, 3.63) is 52.8 Å². The molecule has 3 rings (SSSR count). The SMILES string of the molecule is Cc1nn(Cc2ccccc2)c(C)c1CNC(=O)COC(=O)CCN1CCSC1=O. The number of amides is 2. The molecule has 9 heteroatoms. The summed E-state index contributed by atoms with van der Waals surface area (Å²) < 4.78 is 6.94. The molecule has 1 aromatic carbocycles. The molecule has 1 fully saturated rings. The van der Waals surface area contributed by atoms with Crippen LogP contribution in [0.4, 0.5) is 4.79 Å². The molecule has 1 aromatic heterocycles. The first kappa shape index (κ1) is 21.9. The highest BCUT2D eigenvalue weighted by molar-refractivity contribution is 8.13. The number of aryl methyl sites for hydroxylation is 1. The summed E-state index contributed by atoms with van der Waals surface area (Å²) in [5.41, 5.74) is 3.95. The standard InChI is InChI=1S/C21H26N4O4S/c1-15-18(16(2)25(23-15)13-17-6-4-3-5-7-17)12-22-19(26)14-29-20(27)8-9-24-10-11-30-21(24)28/h3-7H,8-14H2,1-2H3,(H,22,26). The fraction of sp³-hybridized carbons (Fsp3) is 0.429. The lowest BCUT2D eigenvalue weighted by Gasteiger charge is -2.13. The van der Waals surface area contributed by atoms with E-state index < -0.39 is 5.97 Å². The van der Waals surface area contributed by atoms with Gasteiger partial charge in [-0.05, 0) is 19.4 Å². The predicted molar refractivity (Wildman–Crippen MR) is 114 cm³/mol. The van der Waals surface area contributed by atoms with E-state index in [4.69, 9.17) is 4.74 Å². The maximum absolute atomic E-state index is 12.1. The van der Waals surface area contributed by atoms with Crippen LogP contribution in [0.5, 0.6) is 0 Å². The summed E-state index contributed by atoms with van der Waals surface area (Å²) in [6.45, 7) is 5.51. The maximum atomic E-state index is 12.1. The lowest BCUT2D eigenvalue weighted by atomic mass is 10.2. The number of benzene rings is 1. The molecule has 160 valence electrons. The van der Waals surface area contributed by atoms with Crippen molar-refractivity contribution in [2.75, 3.05) is 25.4 Å². The number of hydrogen-bond acceptors (Lipinski definition) is 6. The van der Waals surface area contributed by atoms with Crippen LogP contribution in [-0.4, -0.2) is 57.2 Å². The second-order valence-corrected chi connectivity index (χ2v) is 8.13. The number of carbonyl (C=O) groups is 3. The average Bonchev–Trinajstić information content (AvgIpc) is 3.26. The third kappa shape index (κ3) is 5.85. The fourth-order valence-electron chi connectivity index (χ4n) is 3.21. The van der Waals surface area contributed by atoms with E-state index >= 15 is 0 Å². The largest absolute Gasteiger partial charge is 0.456 e. The van der Waals surface area contributed by atoms with E-state index in [2.05, 4.69) is 10.4 Å². The van der Waals surface area contributed by atoms with Gasteiger partial charge < -0.3 is 15.0 Å². The lowest BCUT2D eigenvalue weighted by Crippen LogP contribution is -2.30. The molecule has 0 spiro atoms. The van der Waals surface area contributed by atoms with Gasteiger partial charge in [-0.15, -0.1) is 0 Å². The third-order valence-corrected chi connectivity index (χ3v) is 5.86. The van der Waals surface area contributed by atoms with Gasteiger partial charge in [0, 0.05) is 36.6 Å². The summed E-state index contributed by atoms with van der Waals surface area (Å²) in [6, 6.07) is 10.1. The van der Waals surface area contributed by atoms with Crippen molar-refractivity contribution in [1.29, 1.82) is 0 Å².